The summed E-state index contributed by atoms with van der Waals surface area (Å²) in [5.41, 5.74) is 0.759. The zero-order valence-corrected chi connectivity index (χ0v) is 24.8. The lowest BCUT2D eigenvalue weighted by atomic mass is 9.93. The van der Waals surface area contributed by atoms with Crippen LogP contribution in [0.4, 0.5) is 0 Å². The van der Waals surface area contributed by atoms with Gasteiger partial charge in [0.05, 0.1) is 11.1 Å². The maximum absolute atomic E-state index is 13.5. The van der Waals surface area contributed by atoms with Crippen LogP contribution in [-0.2, 0) is 19.2 Å². The predicted octanol–water partition coefficient (Wildman–Crippen LogP) is 3.65. The summed E-state index contributed by atoms with van der Waals surface area (Å²) in [7, 11) is 0. The Bertz CT molecular complexity index is 1320. The highest BCUT2D eigenvalue weighted by atomic mass is 35.5. The summed E-state index contributed by atoms with van der Waals surface area (Å²) in [6.07, 6.45) is 5.44. The lowest BCUT2D eigenvalue weighted by molar-refractivity contribution is -0.141. The molecule has 4 rings (SSSR count). The van der Waals surface area contributed by atoms with Crippen LogP contribution in [0.2, 0.25) is 10.0 Å². The van der Waals surface area contributed by atoms with E-state index in [4.69, 9.17) is 23.2 Å². The molecule has 4 amide bonds. The molecule has 1 saturated heterocycles. The van der Waals surface area contributed by atoms with Crippen molar-refractivity contribution in [2.75, 3.05) is 6.54 Å². The van der Waals surface area contributed by atoms with E-state index in [1.807, 2.05) is 13.8 Å². The molecule has 0 radical (unpaired) electrons. The number of hydrogen-bond donors (Lipinski definition) is 5. The minimum absolute atomic E-state index is 0.00187. The fourth-order valence-corrected chi connectivity index (χ4v) is 6.09. The fraction of sp³-hybridized carbons (Fsp3) is 0.552. The molecule has 2 fully saturated rings. The number of rotatable bonds is 11. The van der Waals surface area contributed by atoms with E-state index in [0.29, 0.717) is 33.9 Å². The molecule has 1 aliphatic carbocycles. The number of benzene rings is 1. The molecule has 2 heterocycles. The Morgan fingerprint density at radius 3 is 2.37 bits per heavy atom. The van der Waals surface area contributed by atoms with Crippen LogP contribution in [0.5, 0.6) is 0 Å². The average Bonchev–Trinajstić information content (AvgIpc) is 3.53. The molecular weight excluding hydrogens is 569 g/mol. The van der Waals surface area contributed by atoms with Crippen LogP contribution in [-0.4, -0.2) is 59.1 Å². The molecule has 12 heteroatoms. The molecule has 5 N–H and O–H groups in total. The number of H-pyrrole nitrogens is 1. The Morgan fingerprint density at radius 2 is 1.71 bits per heavy atom. The Hall–Kier alpha value is -3.11. The van der Waals surface area contributed by atoms with E-state index in [9.17, 15) is 24.0 Å². The third-order valence-corrected chi connectivity index (χ3v) is 8.24. The van der Waals surface area contributed by atoms with Crippen LogP contribution in [0.15, 0.2) is 18.2 Å². The number of aromatic nitrogens is 1. The van der Waals surface area contributed by atoms with Crippen LogP contribution in [0.1, 0.15) is 75.7 Å². The topological polar surface area (TPSA) is 149 Å². The maximum Gasteiger partial charge on any atom is 0.289 e. The van der Waals surface area contributed by atoms with Crippen LogP contribution in [0.3, 0.4) is 0 Å². The van der Waals surface area contributed by atoms with Gasteiger partial charge in [0.2, 0.25) is 17.6 Å². The van der Waals surface area contributed by atoms with Gasteiger partial charge in [-0.3, -0.25) is 24.0 Å². The van der Waals surface area contributed by atoms with Crippen molar-refractivity contribution in [1.82, 2.24) is 26.3 Å². The zero-order chi connectivity index (χ0) is 29.7. The highest BCUT2D eigenvalue weighted by Gasteiger charge is 2.36. The fourth-order valence-electron chi connectivity index (χ4n) is 5.54. The molecule has 222 valence electrons. The van der Waals surface area contributed by atoms with Crippen molar-refractivity contribution in [3.63, 3.8) is 0 Å². The summed E-state index contributed by atoms with van der Waals surface area (Å²) in [5, 5.41) is 12.4. The highest BCUT2D eigenvalue weighted by molar-refractivity contribution is 6.39. The number of hydrogen-bond acceptors (Lipinski definition) is 5. The molecule has 0 unspecified atom stereocenters. The third-order valence-electron chi connectivity index (χ3n) is 7.71. The van der Waals surface area contributed by atoms with E-state index in [0.717, 1.165) is 32.1 Å². The molecule has 1 saturated carbocycles. The van der Waals surface area contributed by atoms with Crippen molar-refractivity contribution >= 4 is 63.5 Å². The first-order chi connectivity index (χ1) is 19.5. The van der Waals surface area contributed by atoms with E-state index in [2.05, 4.69) is 26.3 Å². The number of fused-ring (bicyclic) bond motifs is 1. The van der Waals surface area contributed by atoms with E-state index in [1.54, 1.807) is 18.2 Å². The van der Waals surface area contributed by atoms with Crippen molar-refractivity contribution in [2.24, 2.45) is 11.8 Å². The van der Waals surface area contributed by atoms with Crippen molar-refractivity contribution < 1.29 is 24.0 Å². The summed E-state index contributed by atoms with van der Waals surface area (Å²) in [5.74, 6) is -3.40. The van der Waals surface area contributed by atoms with Gasteiger partial charge in [-0.25, -0.2) is 0 Å². The number of halogens is 2. The van der Waals surface area contributed by atoms with Crippen LogP contribution >= 0.6 is 23.2 Å². The van der Waals surface area contributed by atoms with Crippen LogP contribution < -0.4 is 21.3 Å². The number of aromatic amines is 1. The monoisotopic (exact) mass is 605 g/mol. The summed E-state index contributed by atoms with van der Waals surface area (Å²) in [4.78, 5) is 68.3. The molecule has 10 nitrogen and oxygen atoms in total. The summed E-state index contributed by atoms with van der Waals surface area (Å²) < 4.78 is 0. The number of amides is 4. The Labute approximate surface area is 249 Å². The van der Waals surface area contributed by atoms with Crippen LogP contribution in [0.25, 0.3) is 10.9 Å². The van der Waals surface area contributed by atoms with E-state index in [-0.39, 0.29) is 36.4 Å². The van der Waals surface area contributed by atoms with E-state index < -0.39 is 41.5 Å². The SMILES string of the molecule is CC(C)C[C@H](NC(=O)c1cc2c(Cl)cc(Cl)cc2[nH]1)C(=O)N[C@@H](C[C@@H]1CCNC1=O)C(=O)C(=O)NC1CCCCC1. The molecule has 1 aromatic heterocycles. The molecular formula is C29H37Cl2N5O5. The van der Waals surface area contributed by atoms with E-state index in [1.165, 1.54) is 0 Å². The smallest absolute Gasteiger partial charge is 0.289 e. The molecule has 0 spiro atoms. The summed E-state index contributed by atoms with van der Waals surface area (Å²) >= 11 is 12.3. The first-order valence-corrected chi connectivity index (χ1v) is 15.0. The second-order valence-corrected chi connectivity index (χ2v) is 12.3. The molecule has 1 aliphatic heterocycles. The molecule has 41 heavy (non-hydrogen) atoms. The number of carbonyl (C=O) groups is 5. The number of Topliss-reactive ketones (excluding diaryl/α,β-unsaturated/α-hetero) is 1. The Morgan fingerprint density at radius 1 is 0.976 bits per heavy atom. The highest BCUT2D eigenvalue weighted by Crippen LogP contribution is 2.28. The molecule has 0 bridgehead atoms. The van der Waals surface area contributed by atoms with Gasteiger partial charge < -0.3 is 26.3 Å². The summed E-state index contributed by atoms with van der Waals surface area (Å²) in [6.45, 7) is 4.28. The molecule has 1 aromatic carbocycles. The molecule has 3 atom stereocenters. The van der Waals surface area contributed by atoms with Gasteiger partial charge in [-0.2, -0.15) is 0 Å². The lowest BCUT2D eigenvalue weighted by Gasteiger charge is -2.26. The van der Waals surface area contributed by atoms with Gasteiger partial charge in [-0.1, -0.05) is 56.3 Å². The summed E-state index contributed by atoms with van der Waals surface area (Å²) in [6, 6.07) is 2.50. The van der Waals surface area contributed by atoms with Crippen molar-refractivity contribution in [1.29, 1.82) is 0 Å². The second kappa shape index (κ2) is 13.7. The number of carbonyl (C=O) groups excluding carboxylic acids is 5. The lowest BCUT2D eigenvalue weighted by Crippen LogP contribution is -2.55. The van der Waals surface area contributed by atoms with Gasteiger partial charge in [0.25, 0.3) is 11.8 Å². The van der Waals surface area contributed by atoms with Gasteiger partial charge in [0.15, 0.2) is 0 Å². The minimum Gasteiger partial charge on any atom is -0.356 e. The van der Waals surface area contributed by atoms with Gasteiger partial charge in [0.1, 0.15) is 11.7 Å². The largest absolute Gasteiger partial charge is 0.356 e. The second-order valence-electron chi connectivity index (χ2n) is 11.4. The first-order valence-electron chi connectivity index (χ1n) is 14.2. The maximum atomic E-state index is 13.5. The zero-order valence-electron chi connectivity index (χ0n) is 23.3. The minimum atomic E-state index is -1.21. The third kappa shape index (κ3) is 8.01. The number of nitrogens with one attached hydrogen (secondary N) is 5. The van der Waals surface area contributed by atoms with Gasteiger partial charge in [0, 0.05) is 34.4 Å². The predicted molar refractivity (Wildman–Crippen MR) is 157 cm³/mol. The van der Waals surface area contributed by atoms with Gasteiger partial charge in [-0.15, -0.1) is 0 Å². The van der Waals surface area contributed by atoms with Gasteiger partial charge >= 0.3 is 0 Å². The van der Waals surface area contributed by atoms with Gasteiger partial charge in [-0.05, 0) is 56.2 Å². The Kier molecular flexibility index (Phi) is 10.3. The normalized spacial score (nSPS) is 19.0. The average molecular weight is 607 g/mol. The molecule has 2 aromatic rings. The van der Waals surface area contributed by atoms with Crippen LogP contribution in [0, 0.1) is 11.8 Å². The van der Waals surface area contributed by atoms with Crippen molar-refractivity contribution in [2.45, 2.75) is 83.3 Å². The number of ketones is 1. The molecule has 2 aliphatic rings. The van der Waals surface area contributed by atoms with Crippen molar-refractivity contribution in [3.8, 4) is 0 Å². The first kappa shape index (κ1) is 30.8. The van der Waals surface area contributed by atoms with E-state index >= 15 is 0 Å². The standard InChI is InChI=1S/C29H37Cl2N5O5/c1-15(2)10-23(36-28(40)24-14-19-20(31)12-17(30)13-21(19)34-24)27(39)35-22(11-16-8-9-32-26(16)38)25(37)29(41)33-18-6-4-3-5-7-18/h12-16,18,22-23,34H,3-11H2,1-2H3,(H,32,38)(H,33,41)(H,35,39)(H,36,40)/t16-,22-,23-/m0/s1. The van der Waals surface area contributed by atoms with Crippen molar-refractivity contribution in [3.05, 3.63) is 33.9 Å². The Balaban J connectivity index is 1.50. The quantitative estimate of drug-likeness (QED) is 0.248.